The molecule has 27 heavy (non-hydrogen) atoms. The second-order valence-corrected chi connectivity index (χ2v) is 6.55. The normalized spacial score (nSPS) is 11.1. The SMILES string of the molecule is COc1cccc(-c2nc(/C=C(\C#N)c3nc(N)nc(N(C)C)n3)cs2)c1. The van der Waals surface area contributed by atoms with Crippen molar-refractivity contribution in [1.82, 2.24) is 19.9 Å². The van der Waals surface area contributed by atoms with E-state index in [4.69, 9.17) is 10.5 Å². The van der Waals surface area contributed by atoms with Crippen LogP contribution in [0, 0.1) is 11.3 Å². The number of anilines is 2. The Morgan fingerprint density at radius 1 is 1.26 bits per heavy atom. The molecule has 2 aromatic heterocycles. The number of hydrogen-bond acceptors (Lipinski definition) is 9. The van der Waals surface area contributed by atoms with Gasteiger partial charge in [0.15, 0.2) is 5.82 Å². The number of nitrogens with two attached hydrogens (primary N) is 1. The lowest BCUT2D eigenvalue weighted by molar-refractivity contribution is 0.415. The van der Waals surface area contributed by atoms with Crippen molar-refractivity contribution in [2.24, 2.45) is 0 Å². The van der Waals surface area contributed by atoms with E-state index in [0.29, 0.717) is 11.6 Å². The quantitative estimate of drug-likeness (QED) is 0.673. The zero-order valence-electron chi connectivity index (χ0n) is 15.0. The van der Waals surface area contributed by atoms with Crippen LogP contribution in [-0.4, -0.2) is 41.1 Å². The number of rotatable bonds is 5. The van der Waals surface area contributed by atoms with Gasteiger partial charge in [-0.05, 0) is 18.2 Å². The van der Waals surface area contributed by atoms with E-state index in [1.807, 2.05) is 29.6 Å². The average molecular weight is 379 g/mol. The van der Waals surface area contributed by atoms with Crippen molar-refractivity contribution in [3.8, 4) is 22.4 Å². The molecule has 2 N–H and O–H groups in total. The van der Waals surface area contributed by atoms with Gasteiger partial charge in [0.25, 0.3) is 0 Å². The molecular formula is C18H17N7OS. The van der Waals surface area contributed by atoms with E-state index in [0.717, 1.165) is 16.3 Å². The van der Waals surface area contributed by atoms with Gasteiger partial charge in [-0.25, -0.2) is 4.98 Å². The molecule has 136 valence electrons. The summed E-state index contributed by atoms with van der Waals surface area (Å²) in [5.74, 6) is 1.41. The summed E-state index contributed by atoms with van der Waals surface area (Å²) in [6, 6.07) is 9.75. The van der Waals surface area contributed by atoms with Crippen LogP contribution in [0.1, 0.15) is 11.5 Å². The molecule has 9 heteroatoms. The Morgan fingerprint density at radius 3 is 2.78 bits per heavy atom. The second-order valence-electron chi connectivity index (χ2n) is 5.69. The maximum atomic E-state index is 9.54. The fourth-order valence-corrected chi connectivity index (χ4v) is 3.01. The van der Waals surface area contributed by atoms with Crippen LogP contribution in [0.5, 0.6) is 5.75 Å². The molecule has 0 fully saturated rings. The van der Waals surface area contributed by atoms with Gasteiger partial charge < -0.3 is 15.4 Å². The number of allylic oxidation sites excluding steroid dienone is 1. The Kier molecular flexibility index (Phi) is 5.28. The van der Waals surface area contributed by atoms with Crippen LogP contribution >= 0.6 is 11.3 Å². The third-order valence-corrected chi connectivity index (χ3v) is 4.44. The van der Waals surface area contributed by atoms with Crippen LogP contribution in [0.25, 0.3) is 22.2 Å². The summed E-state index contributed by atoms with van der Waals surface area (Å²) in [5.41, 5.74) is 7.58. The molecule has 0 aliphatic heterocycles. The van der Waals surface area contributed by atoms with Crippen molar-refractivity contribution in [2.45, 2.75) is 0 Å². The Balaban J connectivity index is 1.96. The minimum Gasteiger partial charge on any atom is -0.497 e. The second kappa shape index (κ2) is 7.80. The minimum atomic E-state index is 0.0557. The van der Waals surface area contributed by atoms with Gasteiger partial charge in [-0.3, -0.25) is 0 Å². The molecule has 0 saturated heterocycles. The van der Waals surface area contributed by atoms with Gasteiger partial charge in [0.1, 0.15) is 16.8 Å². The number of ether oxygens (including phenoxy) is 1. The molecule has 0 radical (unpaired) electrons. The molecule has 8 nitrogen and oxygen atoms in total. The van der Waals surface area contributed by atoms with E-state index in [-0.39, 0.29) is 17.3 Å². The van der Waals surface area contributed by atoms with E-state index >= 15 is 0 Å². The van der Waals surface area contributed by atoms with Crippen molar-refractivity contribution in [3.05, 3.63) is 41.2 Å². The summed E-state index contributed by atoms with van der Waals surface area (Å²) in [7, 11) is 5.20. The van der Waals surface area contributed by atoms with Crippen LogP contribution in [-0.2, 0) is 0 Å². The van der Waals surface area contributed by atoms with E-state index in [1.54, 1.807) is 32.2 Å². The maximum absolute atomic E-state index is 9.54. The molecule has 1 aromatic carbocycles. The zero-order valence-corrected chi connectivity index (χ0v) is 15.9. The maximum Gasteiger partial charge on any atom is 0.230 e. The number of thiazole rings is 1. The first-order valence-electron chi connectivity index (χ1n) is 7.91. The first-order chi connectivity index (χ1) is 13.0. The van der Waals surface area contributed by atoms with Crippen molar-refractivity contribution in [2.75, 3.05) is 31.8 Å². The summed E-state index contributed by atoms with van der Waals surface area (Å²) in [4.78, 5) is 18.7. The summed E-state index contributed by atoms with van der Waals surface area (Å²) in [6.45, 7) is 0. The van der Waals surface area contributed by atoms with Crippen LogP contribution in [0.4, 0.5) is 11.9 Å². The third kappa shape index (κ3) is 4.19. The summed E-state index contributed by atoms with van der Waals surface area (Å²) < 4.78 is 5.25. The third-order valence-electron chi connectivity index (χ3n) is 3.53. The van der Waals surface area contributed by atoms with Gasteiger partial charge in [0.05, 0.1) is 18.4 Å². The molecule has 0 bridgehead atoms. The molecule has 3 aromatic rings. The highest BCUT2D eigenvalue weighted by molar-refractivity contribution is 7.13. The molecule has 2 heterocycles. The highest BCUT2D eigenvalue weighted by atomic mass is 32.1. The predicted octanol–water partition coefficient (Wildman–Crippen LogP) is 2.72. The molecule has 0 amide bonds. The molecule has 0 aliphatic rings. The van der Waals surface area contributed by atoms with Crippen LogP contribution in [0.3, 0.4) is 0 Å². The van der Waals surface area contributed by atoms with Gasteiger partial charge in [-0.2, -0.15) is 20.2 Å². The minimum absolute atomic E-state index is 0.0557. The Labute approximate surface area is 160 Å². The molecule has 0 unspecified atom stereocenters. The number of nitrogen functional groups attached to an aromatic ring is 1. The fourth-order valence-electron chi connectivity index (χ4n) is 2.24. The topological polar surface area (TPSA) is 114 Å². The lowest BCUT2D eigenvalue weighted by atomic mass is 10.2. The lowest BCUT2D eigenvalue weighted by Crippen LogP contribution is -2.15. The van der Waals surface area contributed by atoms with Gasteiger partial charge >= 0.3 is 0 Å². The molecule has 0 spiro atoms. The lowest BCUT2D eigenvalue weighted by Gasteiger charge is -2.10. The Morgan fingerprint density at radius 2 is 2.07 bits per heavy atom. The summed E-state index contributed by atoms with van der Waals surface area (Å²) >= 11 is 1.47. The van der Waals surface area contributed by atoms with Crippen LogP contribution < -0.4 is 15.4 Å². The largest absolute Gasteiger partial charge is 0.497 e. The van der Waals surface area contributed by atoms with Crippen molar-refractivity contribution in [1.29, 1.82) is 5.26 Å². The molecule has 0 atom stereocenters. The van der Waals surface area contributed by atoms with Gasteiger partial charge in [-0.1, -0.05) is 12.1 Å². The van der Waals surface area contributed by atoms with E-state index < -0.39 is 0 Å². The summed E-state index contributed by atoms with van der Waals surface area (Å²) in [5, 5.41) is 12.2. The smallest absolute Gasteiger partial charge is 0.230 e. The molecule has 0 saturated carbocycles. The number of nitrogens with zero attached hydrogens (tertiary/aromatic N) is 6. The number of aromatic nitrogens is 4. The van der Waals surface area contributed by atoms with Crippen molar-refractivity contribution < 1.29 is 4.74 Å². The monoisotopic (exact) mass is 379 g/mol. The fraction of sp³-hybridized carbons (Fsp3) is 0.167. The van der Waals surface area contributed by atoms with Crippen LogP contribution in [0.15, 0.2) is 29.6 Å². The van der Waals surface area contributed by atoms with Crippen molar-refractivity contribution >= 4 is 34.9 Å². The first kappa shape index (κ1) is 18.3. The van der Waals surface area contributed by atoms with Crippen molar-refractivity contribution in [3.63, 3.8) is 0 Å². The van der Waals surface area contributed by atoms with E-state index in [2.05, 4.69) is 26.0 Å². The first-order valence-corrected chi connectivity index (χ1v) is 8.79. The highest BCUT2D eigenvalue weighted by Crippen LogP contribution is 2.28. The Bertz CT molecular complexity index is 1040. The highest BCUT2D eigenvalue weighted by Gasteiger charge is 2.12. The van der Waals surface area contributed by atoms with E-state index in [9.17, 15) is 5.26 Å². The number of methoxy groups -OCH3 is 1. The molecule has 0 aliphatic carbocycles. The average Bonchev–Trinajstić information content (AvgIpc) is 3.14. The van der Waals surface area contributed by atoms with Crippen LogP contribution in [0.2, 0.25) is 0 Å². The molecular weight excluding hydrogens is 362 g/mol. The summed E-state index contributed by atoms with van der Waals surface area (Å²) in [6.07, 6.45) is 1.63. The van der Waals surface area contributed by atoms with E-state index in [1.165, 1.54) is 11.3 Å². The van der Waals surface area contributed by atoms with Gasteiger partial charge in [-0.15, -0.1) is 11.3 Å². The van der Waals surface area contributed by atoms with Gasteiger partial charge in [0.2, 0.25) is 11.9 Å². The number of nitriles is 1. The van der Waals surface area contributed by atoms with Gasteiger partial charge in [0, 0.05) is 25.0 Å². The standard InChI is InChI=1S/C18H17N7OS/c1-25(2)18-23-15(22-17(20)24-18)12(9-19)7-13-10-27-16(21-13)11-5-4-6-14(8-11)26-3/h4-8,10H,1-3H3,(H2,20,22,23,24)/b12-7+. The number of benzene rings is 1. The number of hydrogen-bond donors (Lipinski definition) is 1. The molecule has 3 rings (SSSR count). The Hall–Kier alpha value is -3.51. The predicted molar refractivity (Wildman–Crippen MR) is 106 cm³/mol. The zero-order chi connectivity index (χ0) is 19.4.